The van der Waals surface area contributed by atoms with Crippen molar-refractivity contribution in [3.8, 4) is 0 Å². The average molecular weight is 282 g/mol. The Morgan fingerprint density at radius 1 is 1.15 bits per heavy atom. The summed E-state index contributed by atoms with van der Waals surface area (Å²) in [6, 6.07) is 3.98. The second-order valence-corrected chi connectivity index (χ2v) is 4.25. The van der Waals surface area contributed by atoms with Gasteiger partial charge in [-0.05, 0) is 25.1 Å². The lowest BCUT2D eigenvalue weighted by molar-refractivity contribution is -0.137. The molecule has 1 atom stereocenters. The standard InChI is InChI=1S/C13H13F3N4/c1-9(12-17-5-2-6-18-12)19-8-11-4-3-10(7-20-11)13(14,15)16/h2-7,9,19H,8H2,1H3. The van der Waals surface area contributed by atoms with Gasteiger partial charge in [0.05, 0.1) is 17.3 Å². The minimum atomic E-state index is -4.36. The first-order chi connectivity index (χ1) is 9.47. The van der Waals surface area contributed by atoms with Gasteiger partial charge in [-0.3, -0.25) is 4.98 Å². The third-order valence-corrected chi connectivity index (χ3v) is 2.71. The number of nitrogens with zero attached hydrogens (tertiary/aromatic N) is 3. The lowest BCUT2D eigenvalue weighted by Gasteiger charge is -2.12. The van der Waals surface area contributed by atoms with E-state index in [9.17, 15) is 13.2 Å². The molecule has 0 fully saturated rings. The molecule has 2 rings (SSSR count). The molecule has 0 amide bonds. The first-order valence-corrected chi connectivity index (χ1v) is 5.99. The second kappa shape index (κ2) is 5.96. The summed E-state index contributed by atoms with van der Waals surface area (Å²) in [5, 5.41) is 3.10. The van der Waals surface area contributed by atoms with Crippen molar-refractivity contribution in [1.82, 2.24) is 20.3 Å². The summed E-state index contributed by atoms with van der Waals surface area (Å²) in [4.78, 5) is 12.0. The molecule has 7 heteroatoms. The molecule has 0 spiro atoms. The van der Waals surface area contributed by atoms with Crippen molar-refractivity contribution >= 4 is 0 Å². The van der Waals surface area contributed by atoms with Crippen LogP contribution < -0.4 is 5.32 Å². The third kappa shape index (κ3) is 3.74. The number of hydrogen-bond acceptors (Lipinski definition) is 4. The van der Waals surface area contributed by atoms with Crippen LogP contribution in [0.2, 0.25) is 0 Å². The molecule has 1 N–H and O–H groups in total. The van der Waals surface area contributed by atoms with E-state index in [1.54, 1.807) is 18.5 Å². The fourth-order valence-corrected chi connectivity index (χ4v) is 1.58. The molecule has 0 bridgehead atoms. The molecule has 4 nitrogen and oxygen atoms in total. The Balaban J connectivity index is 1.94. The Bertz CT molecular complexity index is 540. The molecule has 1 unspecified atom stereocenters. The molecule has 0 aromatic carbocycles. The molecule has 2 heterocycles. The van der Waals surface area contributed by atoms with Crippen LogP contribution in [0.1, 0.15) is 30.0 Å². The Morgan fingerprint density at radius 2 is 1.85 bits per heavy atom. The van der Waals surface area contributed by atoms with Crippen LogP contribution in [0.15, 0.2) is 36.8 Å². The van der Waals surface area contributed by atoms with Crippen LogP contribution >= 0.6 is 0 Å². The number of pyridine rings is 1. The Morgan fingerprint density at radius 3 is 2.40 bits per heavy atom. The quantitative estimate of drug-likeness (QED) is 0.936. The van der Waals surface area contributed by atoms with Gasteiger partial charge in [-0.2, -0.15) is 13.2 Å². The molecular formula is C13H13F3N4. The summed E-state index contributed by atoms with van der Waals surface area (Å²) in [5.74, 6) is 0.624. The minimum Gasteiger partial charge on any atom is -0.302 e. The van der Waals surface area contributed by atoms with E-state index < -0.39 is 11.7 Å². The molecule has 0 radical (unpaired) electrons. The van der Waals surface area contributed by atoms with E-state index in [4.69, 9.17) is 0 Å². The first kappa shape index (κ1) is 14.4. The Hall–Kier alpha value is -2.02. The number of hydrogen-bond donors (Lipinski definition) is 1. The molecule has 20 heavy (non-hydrogen) atoms. The molecule has 0 saturated carbocycles. The normalized spacial score (nSPS) is 13.2. The fraction of sp³-hybridized carbons (Fsp3) is 0.308. The van der Waals surface area contributed by atoms with Crippen LogP contribution in [0.25, 0.3) is 0 Å². The summed E-state index contributed by atoms with van der Waals surface area (Å²) in [6.07, 6.45) is -0.251. The Labute approximate surface area is 114 Å². The zero-order valence-electron chi connectivity index (χ0n) is 10.7. The molecule has 2 aromatic rings. The smallest absolute Gasteiger partial charge is 0.302 e. The van der Waals surface area contributed by atoms with Crippen LogP contribution in [-0.2, 0) is 12.7 Å². The van der Waals surface area contributed by atoms with Crippen molar-refractivity contribution in [2.75, 3.05) is 0 Å². The van der Waals surface area contributed by atoms with Crippen molar-refractivity contribution < 1.29 is 13.2 Å². The van der Waals surface area contributed by atoms with Gasteiger partial charge < -0.3 is 5.32 Å². The minimum absolute atomic E-state index is 0.111. The highest BCUT2D eigenvalue weighted by molar-refractivity contribution is 5.17. The van der Waals surface area contributed by atoms with Gasteiger partial charge in [0.2, 0.25) is 0 Å². The molecule has 0 aliphatic heterocycles. The van der Waals surface area contributed by atoms with Gasteiger partial charge in [-0.1, -0.05) is 0 Å². The largest absolute Gasteiger partial charge is 0.417 e. The van der Waals surface area contributed by atoms with Crippen molar-refractivity contribution in [3.05, 3.63) is 53.9 Å². The maximum atomic E-state index is 12.4. The lowest BCUT2D eigenvalue weighted by Crippen LogP contribution is -2.20. The molecule has 0 saturated heterocycles. The van der Waals surface area contributed by atoms with E-state index >= 15 is 0 Å². The monoisotopic (exact) mass is 282 g/mol. The van der Waals surface area contributed by atoms with Gasteiger partial charge in [0.15, 0.2) is 0 Å². The number of rotatable bonds is 4. The van der Waals surface area contributed by atoms with Crippen LogP contribution in [0.3, 0.4) is 0 Å². The molecule has 0 aliphatic rings. The van der Waals surface area contributed by atoms with E-state index in [0.717, 1.165) is 12.3 Å². The van der Waals surface area contributed by atoms with E-state index in [-0.39, 0.29) is 6.04 Å². The van der Waals surface area contributed by atoms with E-state index in [0.29, 0.717) is 18.1 Å². The number of alkyl halides is 3. The van der Waals surface area contributed by atoms with Crippen LogP contribution in [0, 0.1) is 0 Å². The second-order valence-electron chi connectivity index (χ2n) is 4.25. The van der Waals surface area contributed by atoms with Crippen LogP contribution in [0.5, 0.6) is 0 Å². The third-order valence-electron chi connectivity index (χ3n) is 2.71. The molecular weight excluding hydrogens is 269 g/mol. The zero-order valence-corrected chi connectivity index (χ0v) is 10.7. The van der Waals surface area contributed by atoms with E-state index in [1.807, 2.05) is 6.92 Å². The SMILES string of the molecule is CC(NCc1ccc(C(F)(F)F)cn1)c1ncccn1. The molecule has 106 valence electrons. The van der Waals surface area contributed by atoms with E-state index in [2.05, 4.69) is 20.3 Å². The summed E-state index contributed by atoms with van der Waals surface area (Å²) < 4.78 is 37.1. The summed E-state index contributed by atoms with van der Waals surface area (Å²) in [6.45, 7) is 2.22. The van der Waals surface area contributed by atoms with Crippen LogP contribution in [0.4, 0.5) is 13.2 Å². The maximum Gasteiger partial charge on any atom is 0.417 e. The highest BCUT2D eigenvalue weighted by Crippen LogP contribution is 2.28. The van der Waals surface area contributed by atoms with Gasteiger partial charge in [0.1, 0.15) is 5.82 Å². The highest BCUT2D eigenvalue weighted by Gasteiger charge is 2.30. The lowest BCUT2D eigenvalue weighted by atomic mass is 10.2. The first-order valence-electron chi connectivity index (χ1n) is 5.99. The number of nitrogens with one attached hydrogen (secondary N) is 1. The average Bonchev–Trinajstić information content (AvgIpc) is 2.45. The molecule has 0 aliphatic carbocycles. The maximum absolute atomic E-state index is 12.4. The zero-order chi connectivity index (χ0) is 14.6. The predicted molar refractivity (Wildman–Crippen MR) is 66.5 cm³/mol. The summed E-state index contributed by atoms with van der Waals surface area (Å²) in [5.41, 5.74) is -0.221. The summed E-state index contributed by atoms with van der Waals surface area (Å²) in [7, 11) is 0. The topological polar surface area (TPSA) is 50.7 Å². The van der Waals surface area contributed by atoms with Crippen LogP contribution in [-0.4, -0.2) is 15.0 Å². The van der Waals surface area contributed by atoms with Gasteiger partial charge in [0, 0.05) is 25.1 Å². The van der Waals surface area contributed by atoms with Crippen molar-refractivity contribution in [2.24, 2.45) is 0 Å². The van der Waals surface area contributed by atoms with Crippen molar-refractivity contribution in [1.29, 1.82) is 0 Å². The van der Waals surface area contributed by atoms with Gasteiger partial charge in [-0.25, -0.2) is 9.97 Å². The summed E-state index contributed by atoms with van der Waals surface area (Å²) >= 11 is 0. The van der Waals surface area contributed by atoms with E-state index in [1.165, 1.54) is 6.07 Å². The molecule has 2 aromatic heterocycles. The van der Waals surface area contributed by atoms with Gasteiger partial charge in [0.25, 0.3) is 0 Å². The number of aromatic nitrogens is 3. The Kier molecular flexibility index (Phi) is 4.29. The van der Waals surface area contributed by atoms with Crippen molar-refractivity contribution in [3.63, 3.8) is 0 Å². The fourth-order valence-electron chi connectivity index (χ4n) is 1.58. The highest BCUT2D eigenvalue weighted by atomic mass is 19.4. The van der Waals surface area contributed by atoms with Gasteiger partial charge >= 0.3 is 6.18 Å². The van der Waals surface area contributed by atoms with Gasteiger partial charge in [-0.15, -0.1) is 0 Å². The number of halogens is 3. The predicted octanol–water partition coefficient (Wildman–Crippen LogP) is 2.74. The van der Waals surface area contributed by atoms with Crippen molar-refractivity contribution in [2.45, 2.75) is 25.7 Å².